The maximum Gasteiger partial charge on any atom is 0.276 e. The van der Waals surface area contributed by atoms with Crippen molar-refractivity contribution in [1.29, 1.82) is 0 Å². The Bertz CT molecular complexity index is 828. The van der Waals surface area contributed by atoms with E-state index in [4.69, 9.17) is 0 Å². The molecule has 1 fully saturated rings. The Morgan fingerprint density at radius 2 is 1.89 bits per heavy atom. The van der Waals surface area contributed by atoms with Crippen molar-refractivity contribution in [3.05, 3.63) is 46.8 Å². The third kappa shape index (κ3) is 4.54. The van der Waals surface area contributed by atoms with Gasteiger partial charge in [-0.2, -0.15) is 5.10 Å². The van der Waals surface area contributed by atoms with E-state index in [1.54, 1.807) is 0 Å². The predicted molar refractivity (Wildman–Crippen MR) is 110 cm³/mol. The van der Waals surface area contributed by atoms with Gasteiger partial charge in [-0.3, -0.25) is 14.7 Å². The molecule has 0 saturated carbocycles. The van der Waals surface area contributed by atoms with Gasteiger partial charge in [-0.15, -0.1) is 12.4 Å². The number of halogens is 1. The zero-order valence-corrected chi connectivity index (χ0v) is 16.6. The minimum atomic E-state index is -0.201. The molecule has 4 rings (SSSR count). The number of rotatable bonds is 5. The van der Waals surface area contributed by atoms with Crippen molar-refractivity contribution in [2.45, 2.75) is 38.6 Å². The van der Waals surface area contributed by atoms with Crippen LogP contribution in [0.15, 0.2) is 24.3 Å². The molecular formula is C20H26ClN5O2. The molecule has 1 aromatic heterocycles. The lowest BCUT2D eigenvalue weighted by atomic mass is 10.1. The first-order valence-corrected chi connectivity index (χ1v) is 9.65. The fourth-order valence-electron chi connectivity index (χ4n) is 3.73. The molecule has 8 heteroatoms. The number of anilines is 1. The highest BCUT2D eigenvalue weighted by atomic mass is 35.5. The fourth-order valence-corrected chi connectivity index (χ4v) is 3.73. The third-order valence-electron chi connectivity index (χ3n) is 5.32. The van der Waals surface area contributed by atoms with Crippen molar-refractivity contribution in [2.24, 2.45) is 0 Å². The molecule has 2 amide bonds. The number of hydrogen-bond donors (Lipinski definition) is 3. The van der Waals surface area contributed by atoms with E-state index in [1.807, 2.05) is 29.2 Å². The highest BCUT2D eigenvalue weighted by molar-refractivity contribution is 6.04. The number of aromatic amines is 1. The van der Waals surface area contributed by atoms with Crippen LogP contribution in [-0.4, -0.2) is 46.5 Å². The number of fused-ring (bicyclic) bond motifs is 1. The molecule has 2 aliphatic rings. The Balaban J connectivity index is 0.00000225. The summed E-state index contributed by atoms with van der Waals surface area (Å²) < 4.78 is 0. The average Bonchev–Trinajstić information content (AvgIpc) is 3.37. The smallest absolute Gasteiger partial charge is 0.276 e. The maximum absolute atomic E-state index is 12.5. The number of aromatic nitrogens is 2. The van der Waals surface area contributed by atoms with Gasteiger partial charge in [-0.1, -0.05) is 12.1 Å². The molecule has 0 radical (unpaired) electrons. The van der Waals surface area contributed by atoms with Gasteiger partial charge in [0.05, 0.1) is 0 Å². The molecule has 3 heterocycles. The van der Waals surface area contributed by atoms with E-state index in [9.17, 15) is 9.59 Å². The van der Waals surface area contributed by atoms with Crippen LogP contribution in [0.3, 0.4) is 0 Å². The van der Waals surface area contributed by atoms with Crippen LogP contribution in [0.2, 0.25) is 0 Å². The second-order valence-corrected chi connectivity index (χ2v) is 7.20. The summed E-state index contributed by atoms with van der Waals surface area (Å²) >= 11 is 0. The lowest BCUT2D eigenvalue weighted by molar-refractivity contribution is -0.130. The Morgan fingerprint density at radius 1 is 1.14 bits per heavy atom. The van der Waals surface area contributed by atoms with E-state index in [0.717, 1.165) is 67.8 Å². The number of benzene rings is 1. The topological polar surface area (TPSA) is 90.1 Å². The zero-order chi connectivity index (χ0) is 18.6. The van der Waals surface area contributed by atoms with Gasteiger partial charge in [-0.25, -0.2) is 0 Å². The van der Waals surface area contributed by atoms with E-state index in [0.29, 0.717) is 18.7 Å². The number of carbonyl (C=O) groups is 2. The predicted octanol–water partition coefficient (Wildman–Crippen LogP) is 2.28. The van der Waals surface area contributed by atoms with Crippen LogP contribution in [0.5, 0.6) is 0 Å². The molecule has 0 atom stereocenters. The Labute approximate surface area is 170 Å². The molecule has 3 N–H and O–H groups in total. The lowest BCUT2D eigenvalue weighted by Crippen LogP contribution is -2.27. The quantitative estimate of drug-likeness (QED) is 0.714. The maximum atomic E-state index is 12.5. The van der Waals surface area contributed by atoms with Gasteiger partial charge < -0.3 is 15.5 Å². The molecule has 1 aromatic carbocycles. The number of amides is 2. The number of H-pyrrole nitrogens is 1. The summed E-state index contributed by atoms with van der Waals surface area (Å²) in [4.78, 5) is 26.6. The number of aryl methyl sites for hydroxylation is 1. The monoisotopic (exact) mass is 403 g/mol. The molecule has 2 aliphatic heterocycles. The van der Waals surface area contributed by atoms with Gasteiger partial charge in [0.25, 0.3) is 5.91 Å². The molecule has 0 bridgehead atoms. The second-order valence-electron chi connectivity index (χ2n) is 7.20. The number of likely N-dealkylation sites (tertiary alicyclic amines) is 1. The molecule has 0 unspecified atom stereocenters. The minimum Gasteiger partial charge on any atom is -0.343 e. The molecule has 2 aromatic rings. The van der Waals surface area contributed by atoms with E-state index < -0.39 is 0 Å². The van der Waals surface area contributed by atoms with Gasteiger partial charge in [0, 0.05) is 56.0 Å². The molecule has 0 aliphatic carbocycles. The summed E-state index contributed by atoms with van der Waals surface area (Å²) in [6.07, 6.45) is 4.37. The van der Waals surface area contributed by atoms with Crippen LogP contribution in [-0.2, 0) is 24.2 Å². The van der Waals surface area contributed by atoms with Gasteiger partial charge in [0.15, 0.2) is 5.69 Å². The normalized spacial score (nSPS) is 15.6. The average molecular weight is 404 g/mol. The highest BCUT2D eigenvalue weighted by Crippen LogP contribution is 2.18. The zero-order valence-electron chi connectivity index (χ0n) is 15.8. The van der Waals surface area contributed by atoms with Crippen LogP contribution >= 0.6 is 12.4 Å². The van der Waals surface area contributed by atoms with E-state index >= 15 is 0 Å². The minimum absolute atomic E-state index is 0. The summed E-state index contributed by atoms with van der Waals surface area (Å²) in [7, 11) is 0. The second kappa shape index (κ2) is 9.21. The van der Waals surface area contributed by atoms with Crippen LogP contribution in [0.1, 0.15) is 46.6 Å². The van der Waals surface area contributed by atoms with Gasteiger partial charge in [0.1, 0.15) is 0 Å². The molecular weight excluding hydrogens is 378 g/mol. The van der Waals surface area contributed by atoms with Gasteiger partial charge in [0.2, 0.25) is 5.91 Å². The molecule has 1 saturated heterocycles. The van der Waals surface area contributed by atoms with E-state index in [-0.39, 0.29) is 24.2 Å². The molecule has 150 valence electrons. The first-order chi connectivity index (χ1) is 13.2. The summed E-state index contributed by atoms with van der Waals surface area (Å²) in [5.41, 5.74) is 4.28. The van der Waals surface area contributed by atoms with Crippen molar-refractivity contribution >= 4 is 29.9 Å². The number of hydrogen-bond acceptors (Lipinski definition) is 4. The van der Waals surface area contributed by atoms with Gasteiger partial charge >= 0.3 is 0 Å². The van der Waals surface area contributed by atoms with E-state index in [2.05, 4.69) is 20.8 Å². The van der Waals surface area contributed by atoms with Crippen LogP contribution < -0.4 is 10.6 Å². The van der Waals surface area contributed by atoms with Crippen molar-refractivity contribution < 1.29 is 9.59 Å². The van der Waals surface area contributed by atoms with Crippen molar-refractivity contribution in [1.82, 2.24) is 20.4 Å². The third-order valence-corrected chi connectivity index (χ3v) is 5.32. The number of nitrogens with one attached hydrogen (secondary N) is 3. The first kappa shape index (κ1) is 20.4. The number of nitrogens with zero attached hydrogens (tertiary/aromatic N) is 2. The van der Waals surface area contributed by atoms with Crippen molar-refractivity contribution in [2.75, 3.05) is 25.0 Å². The summed E-state index contributed by atoms with van der Waals surface area (Å²) in [5.74, 6) is 0.0370. The van der Waals surface area contributed by atoms with Crippen LogP contribution in [0, 0.1) is 0 Å². The molecule has 0 spiro atoms. The Morgan fingerprint density at radius 3 is 2.64 bits per heavy atom. The SMILES string of the molecule is Cl.O=C(Nc1ccc(CCC(=O)N2CCCC2)cc1)c1n[nH]c2c1CNCC2. The molecule has 7 nitrogen and oxygen atoms in total. The fraction of sp³-hybridized carbons (Fsp3) is 0.450. The van der Waals surface area contributed by atoms with E-state index in [1.165, 1.54) is 0 Å². The van der Waals surface area contributed by atoms with Crippen LogP contribution in [0.25, 0.3) is 0 Å². The largest absolute Gasteiger partial charge is 0.343 e. The van der Waals surface area contributed by atoms with Crippen LogP contribution in [0.4, 0.5) is 5.69 Å². The standard InChI is InChI=1S/C20H25N5O2.ClH/c26-18(25-11-1-2-12-25)8-5-14-3-6-15(7-4-14)22-20(27)19-16-13-21-10-9-17(16)23-24-19;/h3-4,6-7,21H,1-2,5,8-13H2,(H,22,27)(H,23,24);1H. The highest BCUT2D eigenvalue weighted by Gasteiger charge is 2.21. The Hall–Kier alpha value is -2.38. The van der Waals surface area contributed by atoms with Crippen molar-refractivity contribution in [3.8, 4) is 0 Å². The number of carbonyl (C=O) groups excluding carboxylic acids is 2. The summed E-state index contributed by atoms with van der Waals surface area (Å²) in [5, 5.41) is 13.3. The lowest BCUT2D eigenvalue weighted by Gasteiger charge is -2.15. The van der Waals surface area contributed by atoms with Crippen molar-refractivity contribution in [3.63, 3.8) is 0 Å². The summed E-state index contributed by atoms with van der Waals surface area (Å²) in [6, 6.07) is 7.69. The molecule has 28 heavy (non-hydrogen) atoms. The Kier molecular flexibility index (Phi) is 6.70. The summed E-state index contributed by atoms with van der Waals surface area (Å²) in [6.45, 7) is 3.36. The van der Waals surface area contributed by atoms with Gasteiger partial charge in [-0.05, 0) is 37.0 Å². The first-order valence-electron chi connectivity index (χ1n) is 9.65.